The van der Waals surface area contributed by atoms with E-state index < -0.39 is 0 Å². The molecule has 2 aromatic rings. The lowest BCUT2D eigenvalue weighted by molar-refractivity contribution is 0.396. The van der Waals surface area contributed by atoms with E-state index in [0.717, 1.165) is 29.8 Å². The van der Waals surface area contributed by atoms with Crippen LogP contribution in [0, 0.1) is 0 Å². The molecule has 0 aliphatic rings. The largest absolute Gasteiger partial charge is 0.496 e. The third kappa shape index (κ3) is 3.53. The summed E-state index contributed by atoms with van der Waals surface area (Å²) in [5.41, 5.74) is 5.00. The molecule has 1 aromatic carbocycles. The molecule has 0 spiro atoms. The van der Waals surface area contributed by atoms with Crippen molar-refractivity contribution < 1.29 is 4.74 Å². The molecule has 1 heterocycles. The van der Waals surface area contributed by atoms with Gasteiger partial charge in [-0.2, -0.15) is 0 Å². The van der Waals surface area contributed by atoms with E-state index in [1.165, 1.54) is 0 Å². The van der Waals surface area contributed by atoms with E-state index in [9.17, 15) is 0 Å². The first-order chi connectivity index (χ1) is 9.35. The van der Waals surface area contributed by atoms with E-state index >= 15 is 0 Å². The van der Waals surface area contributed by atoms with Gasteiger partial charge in [0.1, 0.15) is 5.75 Å². The third-order valence-corrected chi connectivity index (χ3v) is 3.13. The average Bonchev–Trinajstić information content (AvgIpc) is 2.49. The Bertz CT molecular complexity index is 502. The minimum atomic E-state index is 0.0538. The zero-order valence-electron chi connectivity index (χ0n) is 11.0. The lowest BCUT2D eigenvalue weighted by Crippen LogP contribution is -2.28. The molecule has 1 atom stereocenters. The highest BCUT2D eigenvalue weighted by Crippen LogP contribution is 2.27. The molecule has 0 bridgehead atoms. The van der Waals surface area contributed by atoms with Crippen molar-refractivity contribution in [1.82, 2.24) is 10.4 Å². The number of rotatable bonds is 6. The molecule has 0 saturated heterocycles. The Morgan fingerprint density at radius 3 is 2.68 bits per heavy atom. The molecule has 4 heteroatoms. The summed E-state index contributed by atoms with van der Waals surface area (Å²) in [6.45, 7) is 0. The zero-order chi connectivity index (χ0) is 13.5. The summed E-state index contributed by atoms with van der Waals surface area (Å²) in [6.07, 6.45) is 3.55. The van der Waals surface area contributed by atoms with E-state index in [0.29, 0.717) is 0 Å². The van der Waals surface area contributed by atoms with Crippen LogP contribution in [-0.4, -0.2) is 12.1 Å². The van der Waals surface area contributed by atoms with Crippen LogP contribution in [0.4, 0.5) is 0 Å². The minimum Gasteiger partial charge on any atom is -0.496 e. The van der Waals surface area contributed by atoms with Crippen LogP contribution in [0.15, 0.2) is 48.7 Å². The first-order valence-corrected chi connectivity index (χ1v) is 6.34. The van der Waals surface area contributed by atoms with E-state index in [1.54, 1.807) is 7.11 Å². The summed E-state index contributed by atoms with van der Waals surface area (Å²) in [4.78, 5) is 4.32. The highest BCUT2D eigenvalue weighted by atomic mass is 16.5. The Hall–Kier alpha value is -1.91. The quantitative estimate of drug-likeness (QED) is 0.615. The number of nitrogens with one attached hydrogen (secondary N) is 1. The molecule has 1 aromatic heterocycles. The van der Waals surface area contributed by atoms with Gasteiger partial charge in [-0.05, 0) is 31.0 Å². The first-order valence-electron chi connectivity index (χ1n) is 6.34. The Morgan fingerprint density at radius 1 is 1.21 bits per heavy atom. The number of hydrogen-bond acceptors (Lipinski definition) is 4. The van der Waals surface area contributed by atoms with Crippen LogP contribution in [0.25, 0.3) is 0 Å². The lowest BCUT2D eigenvalue weighted by atomic mass is 10.0. The van der Waals surface area contributed by atoms with Gasteiger partial charge >= 0.3 is 0 Å². The smallest absolute Gasteiger partial charge is 0.123 e. The lowest BCUT2D eigenvalue weighted by Gasteiger charge is -2.18. The van der Waals surface area contributed by atoms with Crippen molar-refractivity contribution in [3.05, 3.63) is 59.9 Å². The van der Waals surface area contributed by atoms with E-state index in [1.807, 2.05) is 48.7 Å². The first kappa shape index (κ1) is 13.5. The SMILES string of the molecule is COc1ccccc1C(CCc1ccccn1)NN. The Morgan fingerprint density at radius 2 is 2.00 bits per heavy atom. The van der Waals surface area contributed by atoms with Crippen molar-refractivity contribution in [2.75, 3.05) is 7.11 Å². The van der Waals surface area contributed by atoms with E-state index in [2.05, 4.69) is 10.4 Å². The molecular formula is C15H19N3O. The standard InChI is InChI=1S/C15H19N3O/c1-19-15-8-3-2-7-13(15)14(18-16)10-9-12-6-4-5-11-17-12/h2-8,11,14,18H,9-10,16H2,1H3. The maximum Gasteiger partial charge on any atom is 0.123 e. The highest BCUT2D eigenvalue weighted by molar-refractivity contribution is 5.35. The van der Waals surface area contributed by atoms with Gasteiger partial charge in [-0.15, -0.1) is 0 Å². The molecule has 0 radical (unpaired) electrons. The van der Waals surface area contributed by atoms with Gasteiger partial charge in [0.25, 0.3) is 0 Å². The van der Waals surface area contributed by atoms with Crippen molar-refractivity contribution in [3.8, 4) is 5.75 Å². The minimum absolute atomic E-state index is 0.0538. The molecule has 0 saturated carbocycles. The summed E-state index contributed by atoms with van der Waals surface area (Å²) in [7, 11) is 1.67. The molecule has 0 amide bonds. The number of benzene rings is 1. The number of aryl methyl sites for hydroxylation is 1. The van der Waals surface area contributed by atoms with Crippen molar-refractivity contribution in [2.45, 2.75) is 18.9 Å². The van der Waals surface area contributed by atoms with Crippen molar-refractivity contribution in [2.24, 2.45) is 5.84 Å². The number of pyridine rings is 1. The fraction of sp³-hybridized carbons (Fsp3) is 0.267. The van der Waals surface area contributed by atoms with Crippen molar-refractivity contribution in [3.63, 3.8) is 0 Å². The average molecular weight is 257 g/mol. The van der Waals surface area contributed by atoms with Gasteiger partial charge in [-0.3, -0.25) is 16.3 Å². The number of hydrazine groups is 1. The highest BCUT2D eigenvalue weighted by Gasteiger charge is 2.14. The Balaban J connectivity index is 2.08. The van der Waals surface area contributed by atoms with Crippen molar-refractivity contribution in [1.29, 1.82) is 0 Å². The van der Waals surface area contributed by atoms with Crippen LogP contribution in [0.3, 0.4) is 0 Å². The van der Waals surface area contributed by atoms with Crippen LogP contribution < -0.4 is 16.0 Å². The number of ether oxygens (including phenoxy) is 1. The maximum atomic E-state index is 5.67. The summed E-state index contributed by atoms with van der Waals surface area (Å²) in [6, 6.07) is 13.9. The summed E-state index contributed by atoms with van der Waals surface area (Å²) in [5.74, 6) is 6.52. The topological polar surface area (TPSA) is 60.2 Å². The summed E-state index contributed by atoms with van der Waals surface area (Å²) >= 11 is 0. The van der Waals surface area contributed by atoms with Crippen molar-refractivity contribution >= 4 is 0 Å². The second kappa shape index (κ2) is 6.87. The monoisotopic (exact) mass is 257 g/mol. The number of para-hydroxylation sites is 1. The molecule has 0 aliphatic heterocycles. The van der Waals surface area contributed by atoms with E-state index in [-0.39, 0.29) is 6.04 Å². The molecule has 0 aliphatic carbocycles. The van der Waals surface area contributed by atoms with Crippen LogP contribution >= 0.6 is 0 Å². The van der Waals surface area contributed by atoms with Gasteiger partial charge in [-0.1, -0.05) is 24.3 Å². The number of aromatic nitrogens is 1. The molecule has 0 fully saturated rings. The van der Waals surface area contributed by atoms with Crippen LogP contribution in [0.5, 0.6) is 5.75 Å². The molecular weight excluding hydrogens is 238 g/mol. The molecule has 1 unspecified atom stereocenters. The van der Waals surface area contributed by atoms with Crippen LogP contribution in [0.1, 0.15) is 23.7 Å². The second-order valence-corrected chi connectivity index (χ2v) is 4.32. The number of methoxy groups -OCH3 is 1. The fourth-order valence-electron chi connectivity index (χ4n) is 2.12. The third-order valence-electron chi connectivity index (χ3n) is 3.13. The number of nitrogens with two attached hydrogens (primary N) is 1. The van der Waals surface area contributed by atoms with Gasteiger partial charge < -0.3 is 4.74 Å². The molecule has 3 N–H and O–H groups in total. The normalized spacial score (nSPS) is 12.1. The number of nitrogens with zero attached hydrogens (tertiary/aromatic N) is 1. The molecule has 4 nitrogen and oxygen atoms in total. The predicted octanol–water partition coefficient (Wildman–Crippen LogP) is 2.23. The van der Waals surface area contributed by atoms with Gasteiger partial charge in [0.2, 0.25) is 0 Å². The predicted molar refractivity (Wildman–Crippen MR) is 75.6 cm³/mol. The van der Waals surface area contributed by atoms with Gasteiger partial charge in [0, 0.05) is 23.5 Å². The molecule has 100 valence electrons. The molecule has 19 heavy (non-hydrogen) atoms. The molecule has 2 rings (SSSR count). The second-order valence-electron chi connectivity index (χ2n) is 4.32. The van der Waals surface area contributed by atoms with E-state index in [4.69, 9.17) is 10.6 Å². The van der Waals surface area contributed by atoms with Gasteiger partial charge in [0.15, 0.2) is 0 Å². The zero-order valence-corrected chi connectivity index (χ0v) is 11.0. The Labute approximate surface area is 113 Å². The van der Waals surface area contributed by atoms with Gasteiger partial charge in [-0.25, -0.2) is 0 Å². The van der Waals surface area contributed by atoms with Crippen LogP contribution in [-0.2, 0) is 6.42 Å². The summed E-state index contributed by atoms with van der Waals surface area (Å²) in [5, 5.41) is 0. The van der Waals surface area contributed by atoms with Crippen LogP contribution in [0.2, 0.25) is 0 Å². The van der Waals surface area contributed by atoms with Gasteiger partial charge in [0.05, 0.1) is 7.11 Å². The summed E-state index contributed by atoms with van der Waals surface area (Å²) < 4.78 is 5.37. The maximum absolute atomic E-state index is 5.67. The Kier molecular flexibility index (Phi) is 4.89. The number of hydrogen-bond donors (Lipinski definition) is 2. The fourth-order valence-corrected chi connectivity index (χ4v) is 2.12.